The van der Waals surface area contributed by atoms with E-state index in [0.717, 1.165) is 55.2 Å². The monoisotopic (exact) mass is 528 g/mol. The molecule has 0 unspecified atom stereocenters. The quantitative estimate of drug-likeness (QED) is 0.333. The number of hydrogen-bond acceptors (Lipinski definition) is 6. The number of nitrogens with one attached hydrogen (secondary N) is 1. The third-order valence-electron chi connectivity index (χ3n) is 5.66. The third kappa shape index (κ3) is 7.74. The topological polar surface area (TPSA) is 119 Å². The number of fused-ring (bicyclic) bond motifs is 2. The van der Waals surface area contributed by atoms with Gasteiger partial charge < -0.3 is 20.9 Å². The van der Waals surface area contributed by atoms with Gasteiger partial charge in [-0.2, -0.15) is 13.2 Å². The van der Waals surface area contributed by atoms with Gasteiger partial charge in [0.15, 0.2) is 11.5 Å². The van der Waals surface area contributed by atoms with Gasteiger partial charge in [0.2, 0.25) is 5.78 Å². The van der Waals surface area contributed by atoms with Crippen molar-refractivity contribution in [1.29, 1.82) is 0 Å². The molecule has 1 aliphatic rings. The number of rotatable bonds is 9. The van der Waals surface area contributed by atoms with Crippen LogP contribution in [0.25, 0.3) is 10.8 Å². The Balaban J connectivity index is 0.000000505. The lowest BCUT2D eigenvalue weighted by atomic mass is 9.90. The Hall–Kier alpha value is -4.02. The van der Waals surface area contributed by atoms with Crippen LogP contribution in [0.3, 0.4) is 0 Å². The van der Waals surface area contributed by atoms with Crippen LogP contribution < -0.4 is 15.8 Å². The smallest absolute Gasteiger partial charge is 0.475 e. The molecule has 4 rings (SSSR count). The number of nitrogens with two attached hydrogens (primary N) is 1. The molecule has 0 saturated heterocycles. The Bertz CT molecular complexity index is 1330. The van der Waals surface area contributed by atoms with E-state index in [-0.39, 0.29) is 17.3 Å². The number of carbonyl (C=O) groups is 3. The molecule has 0 aliphatic heterocycles. The molecule has 1 aliphatic carbocycles. The molecule has 0 aromatic heterocycles. The van der Waals surface area contributed by atoms with Crippen LogP contribution in [0.4, 0.5) is 13.2 Å². The highest BCUT2D eigenvalue weighted by atomic mass is 19.4. The molecular formula is C28H27F3N2O5. The summed E-state index contributed by atoms with van der Waals surface area (Å²) in [6.45, 7) is 2.47. The van der Waals surface area contributed by atoms with Crippen LogP contribution in [-0.4, -0.2) is 41.9 Å². The minimum absolute atomic E-state index is 0.0542. The van der Waals surface area contributed by atoms with E-state index in [9.17, 15) is 22.8 Å². The maximum Gasteiger partial charge on any atom is 0.490 e. The Kier molecular flexibility index (Phi) is 9.75. The van der Waals surface area contributed by atoms with Crippen LogP contribution in [0.2, 0.25) is 0 Å². The number of benzene rings is 3. The molecule has 0 bridgehead atoms. The number of Topliss-reactive ketones (excluding diaryl/α,β-unsaturated/α-hetero) is 1. The van der Waals surface area contributed by atoms with Crippen molar-refractivity contribution in [2.75, 3.05) is 13.1 Å². The molecule has 4 N–H and O–H groups in total. The summed E-state index contributed by atoms with van der Waals surface area (Å²) >= 11 is 0. The summed E-state index contributed by atoms with van der Waals surface area (Å²) in [7, 11) is 0. The summed E-state index contributed by atoms with van der Waals surface area (Å²) in [5, 5.41) is 12.4. The number of aliphatic carboxylic acids is 1. The van der Waals surface area contributed by atoms with Crippen LogP contribution in [0.1, 0.15) is 45.5 Å². The first-order chi connectivity index (χ1) is 18.1. The predicted octanol–water partition coefficient (Wildman–Crippen LogP) is 5.03. The van der Waals surface area contributed by atoms with Gasteiger partial charge >= 0.3 is 12.1 Å². The number of hydrogen-bond donors (Lipinski definition) is 3. The van der Waals surface area contributed by atoms with Gasteiger partial charge in [-0.25, -0.2) is 4.79 Å². The van der Waals surface area contributed by atoms with E-state index in [4.69, 9.17) is 20.4 Å². The minimum atomic E-state index is -5.08. The largest absolute Gasteiger partial charge is 0.490 e. The number of unbranched alkanes of at least 4 members (excludes halogenated alkanes) is 2. The zero-order valence-electron chi connectivity index (χ0n) is 20.4. The molecule has 0 amide bonds. The van der Waals surface area contributed by atoms with Crippen molar-refractivity contribution in [3.63, 3.8) is 0 Å². The first-order valence-corrected chi connectivity index (χ1v) is 11.9. The first-order valence-electron chi connectivity index (χ1n) is 11.9. The first kappa shape index (κ1) is 28.5. The molecule has 7 nitrogen and oxygen atoms in total. The summed E-state index contributed by atoms with van der Waals surface area (Å²) in [6, 6.07) is 18.8. The van der Waals surface area contributed by atoms with Gasteiger partial charge in [-0.15, -0.1) is 0 Å². The predicted molar refractivity (Wildman–Crippen MR) is 136 cm³/mol. The molecule has 3 aromatic rings. The Morgan fingerprint density at radius 3 is 2.11 bits per heavy atom. The van der Waals surface area contributed by atoms with Crippen molar-refractivity contribution >= 4 is 28.3 Å². The number of ether oxygens (including phenoxy) is 1. The Morgan fingerprint density at radius 2 is 1.53 bits per heavy atom. The number of carboxylic acids is 1. The highest BCUT2D eigenvalue weighted by molar-refractivity contribution is 6.25. The molecule has 0 heterocycles. The second-order valence-electron chi connectivity index (χ2n) is 8.52. The lowest BCUT2D eigenvalue weighted by Gasteiger charge is -2.17. The van der Waals surface area contributed by atoms with Gasteiger partial charge in [0.1, 0.15) is 5.75 Å². The van der Waals surface area contributed by atoms with Crippen molar-refractivity contribution in [1.82, 2.24) is 5.32 Å². The molecule has 10 heteroatoms. The average molecular weight is 529 g/mol. The lowest BCUT2D eigenvalue weighted by molar-refractivity contribution is -0.192. The van der Waals surface area contributed by atoms with Crippen LogP contribution in [0.5, 0.6) is 5.75 Å². The second-order valence-corrected chi connectivity index (χ2v) is 8.52. The SMILES string of the molecule is NCCCCCNCc1ccc(OC2=CC(=O)c3cc4ccccc4cc3C2=O)cc1.O=C(O)C(F)(F)F. The molecule has 0 spiro atoms. The Morgan fingerprint density at radius 1 is 0.921 bits per heavy atom. The lowest BCUT2D eigenvalue weighted by Crippen LogP contribution is -2.21. The van der Waals surface area contributed by atoms with E-state index < -0.39 is 12.1 Å². The number of carbonyl (C=O) groups excluding carboxylic acids is 2. The fourth-order valence-corrected chi connectivity index (χ4v) is 3.71. The van der Waals surface area contributed by atoms with Gasteiger partial charge in [-0.05, 0) is 66.5 Å². The van der Waals surface area contributed by atoms with Gasteiger partial charge in [0, 0.05) is 23.7 Å². The van der Waals surface area contributed by atoms with Gasteiger partial charge in [-0.3, -0.25) is 9.59 Å². The molecule has 0 fully saturated rings. The van der Waals surface area contributed by atoms with Crippen molar-refractivity contribution in [2.24, 2.45) is 5.73 Å². The maximum atomic E-state index is 13.0. The summed E-state index contributed by atoms with van der Waals surface area (Å²) in [6.07, 6.45) is -0.488. The van der Waals surface area contributed by atoms with E-state index in [1.54, 1.807) is 12.1 Å². The van der Waals surface area contributed by atoms with E-state index >= 15 is 0 Å². The number of halogens is 3. The summed E-state index contributed by atoms with van der Waals surface area (Å²) in [5.74, 6) is -2.66. The molecule has 0 saturated carbocycles. The Labute approximate surface area is 217 Å². The van der Waals surface area contributed by atoms with Gasteiger partial charge in [0.05, 0.1) is 0 Å². The third-order valence-corrected chi connectivity index (χ3v) is 5.66. The maximum absolute atomic E-state index is 13.0. The molecule has 38 heavy (non-hydrogen) atoms. The molecule has 200 valence electrons. The van der Waals surface area contributed by atoms with E-state index in [1.807, 2.05) is 48.5 Å². The van der Waals surface area contributed by atoms with Crippen LogP contribution >= 0.6 is 0 Å². The zero-order chi connectivity index (χ0) is 27.7. The van der Waals surface area contributed by atoms with Crippen molar-refractivity contribution in [3.8, 4) is 5.75 Å². The highest BCUT2D eigenvalue weighted by Gasteiger charge is 2.38. The summed E-state index contributed by atoms with van der Waals surface area (Å²) < 4.78 is 37.5. The number of carboxylic acid groups (broad SMARTS) is 1. The minimum Gasteiger partial charge on any atom is -0.475 e. The fourth-order valence-electron chi connectivity index (χ4n) is 3.71. The summed E-state index contributed by atoms with van der Waals surface area (Å²) in [5.41, 5.74) is 7.44. The van der Waals surface area contributed by atoms with Crippen molar-refractivity contribution < 1.29 is 37.4 Å². The van der Waals surface area contributed by atoms with Crippen molar-refractivity contribution in [2.45, 2.75) is 32.0 Å². The normalized spacial score (nSPS) is 12.9. The standard InChI is InChI=1S/C26H26N2O3.C2HF3O2/c27-12-4-1-5-13-28-17-18-8-10-21(11-9-18)31-25-16-24(29)22-14-19-6-2-3-7-20(19)15-23(22)26(25)30;3-2(4,5)1(6)7/h2-3,6-11,14-16,28H,1,4-5,12-13,17,27H2;(H,6,7). The van der Waals surface area contributed by atoms with E-state index in [1.165, 1.54) is 6.08 Å². The number of alkyl halides is 3. The highest BCUT2D eigenvalue weighted by Crippen LogP contribution is 2.28. The van der Waals surface area contributed by atoms with Crippen LogP contribution in [-0.2, 0) is 11.3 Å². The van der Waals surface area contributed by atoms with Crippen LogP contribution in [0, 0.1) is 0 Å². The van der Waals surface area contributed by atoms with E-state index in [2.05, 4.69) is 5.32 Å². The average Bonchev–Trinajstić information content (AvgIpc) is 2.89. The number of allylic oxidation sites excluding steroid dienone is 2. The van der Waals surface area contributed by atoms with E-state index in [0.29, 0.717) is 16.9 Å². The zero-order valence-corrected chi connectivity index (χ0v) is 20.4. The number of ketones is 2. The van der Waals surface area contributed by atoms with Gasteiger partial charge in [-0.1, -0.05) is 42.8 Å². The second kappa shape index (κ2) is 13.0. The molecule has 0 atom stereocenters. The molecular weight excluding hydrogens is 501 g/mol. The molecule has 0 radical (unpaired) electrons. The molecule has 3 aromatic carbocycles. The van der Waals surface area contributed by atoms with Gasteiger partial charge in [0.25, 0.3) is 0 Å². The van der Waals surface area contributed by atoms with Crippen LogP contribution in [0.15, 0.2) is 72.5 Å². The fraction of sp³-hybridized carbons (Fsp3) is 0.250. The summed E-state index contributed by atoms with van der Waals surface area (Å²) in [4.78, 5) is 34.5. The van der Waals surface area contributed by atoms with Crippen molar-refractivity contribution in [3.05, 3.63) is 89.2 Å².